The van der Waals surface area contributed by atoms with Gasteiger partial charge in [-0.2, -0.15) is 0 Å². The molecule has 2 aromatic carbocycles. The van der Waals surface area contributed by atoms with E-state index in [2.05, 4.69) is 15.6 Å². The predicted molar refractivity (Wildman–Crippen MR) is 119 cm³/mol. The monoisotopic (exact) mass is 434 g/mol. The number of aryl methyl sites for hydroxylation is 2. The van der Waals surface area contributed by atoms with E-state index in [-0.39, 0.29) is 30.0 Å². The van der Waals surface area contributed by atoms with Crippen LogP contribution in [0.3, 0.4) is 0 Å². The fourth-order valence-corrected chi connectivity index (χ4v) is 3.79. The molecule has 3 aromatic rings. The van der Waals surface area contributed by atoms with E-state index in [1.165, 1.54) is 6.21 Å². The van der Waals surface area contributed by atoms with E-state index in [9.17, 15) is 24.6 Å². The number of imide groups is 1. The van der Waals surface area contributed by atoms with Crippen molar-refractivity contribution in [2.24, 2.45) is 4.99 Å². The summed E-state index contributed by atoms with van der Waals surface area (Å²) in [6.45, 7) is 3.92. The van der Waals surface area contributed by atoms with E-state index in [0.717, 1.165) is 15.7 Å². The zero-order chi connectivity index (χ0) is 23.0. The molecular weight excluding hydrogens is 412 g/mol. The number of carbonyl (C=O) groups is 3. The number of hydrogen-bond donors (Lipinski definition) is 4. The van der Waals surface area contributed by atoms with Crippen molar-refractivity contribution in [1.82, 2.24) is 9.88 Å². The minimum atomic E-state index is -0.932. The van der Waals surface area contributed by atoms with Gasteiger partial charge in [-0.25, -0.2) is 9.79 Å². The molecule has 1 unspecified atom stereocenters. The Morgan fingerprint density at radius 2 is 1.94 bits per heavy atom. The van der Waals surface area contributed by atoms with E-state index in [4.69, 9.17) is 0 Å². The lowest BCUT2D eigenvalue weighted by Crippen LogP contribution is -2.41. The molecule has 0 bridgehead atoms. The van der Waals surface area contributed by atoms with E-state index in [1.54, 1.807) is 24.3 Å². The Bertz CT molecular complexity index is 1290. The quantitative estimate of drug-likeness (QED) is 0.371. The molecule has 1 atom stereocenters. The summed E-state index contributed by atoms with van der Waals surface area (Å²) in [5.74, 6) is -1.65. The zero-order valence-corrected chi connectivity index (χ0v) is 17.5. The van der Waals surface area contributed by atoms with Gasteiger partial charge in [0.15, 0.2) is 0 Å². The number of amides is 4. The van der Waals surface area contributed by atoms with E-state index < -0.39 is 23.9 Å². The third kappa shape index (κ3) is 3.80. The number of nitrogens with zero attached hydrogens (tertiary/aromatic N) is 2. The molecule has 1 saturated heterocycles. The van der Waals surface area contributed by atoms with Crippen LogP contribution in [0.2, 0.25) is 0 Å². The maximum Gasteiger partial charge on any atom is 0.345 e. The molecule has 32 heavy (non-hydrogen) atoms. The number of hydrogen-bond acceptors (Lipinski definition) is 5. The van der Waals surface area contributed by atoms with Crippen LogP contribution in [0.1, 0.15) is 35.6 Å². The van der Waals surface area contributed by atoms with Gasteiger partial charge in [-0.3, -0.25) is 19.5 Å². The zero-order valence-electron chi connectivity index (χ0n) is 17.5. The highest BCUT2D eigenvalue weighted by Gasteiger charge is 2.33. The van der Waals surface area contributed by atoms with Gasteiger partial charge < -0.3 is 15.5 Å². The van der Waals surface area contributed by atoms with Crippen LogP contribution < -0.4 is 10.6 Å². The van der Waals surface area contributed by atoms with Crippen LogP contribution in [0.4, 0.5) is 10.5 Å². The second kappa shape index (κ2) is 8.18. The van der Waals surface area contributed by atoms with E-state index in [1.807, 2.05) is 26.0 Å². The van der Waals surface area contributed by atoms with Gasteiger partial charge in [-0.05, 0) is 49.6 Å². The first-order chi connectivity index (χ1) is 15.3. The molecule has 4 N–H and O–H groups in total. The first-order valence-corrected chi connectivity index (χ1v) is 10.1. The number of carbonyl (C=O) groups excluding carboxylic acids is 3. The van der Waals surface area contributed by atoms with Crippen molar-refractivity contribution >= 4 is 40.5 Å². The summed E-state index contributed by atoms with van der Waals surface area (Å²) in [4.78, 5) is 39.9. The fourth-order valence-electron chi connectivity index (χ4n) is 3.79. The smallest absolute Gasteiger partial charge is 0.345 e. The van der Waals surface area contributed by atoms with Gasteiger partial charge in [0.05, 0.1) is 5.39 Å². The standard InChI is InChI=1S/C23H22N4O5/c1-12-6-7-15(10-13(12)2)25-23(32)24-11-14-4-3-5-16-19(14)22(31)27(21(16)30)17-8-9-18(28)26-20(17)29/h3-7,10-11,17,30-31H,8-9H2,1-2H3,(H,25,32)(H,26,28,29). The largest absolute Gasteiger partial charge is 0.494 e. The van der Waals surface area contributed by atoms with Crippen LogP contribution in [-0.2, 0) is 9.59 Å². The highest BCUT2D eigenvalue weighted by Crippen LogP contribution is 2.41. The van der Waals surface area contributed by atoms with Crippen LogP contribution in [0.5, 0.6) is 11.8 Å². The average molecular weight is 434 g/mol. The lowest BCUT2D eigenvalue weighted by atomic mass is 10.1. The van der Waals surface area contributed by atoms with Gasteiger partial charge in [-0.15, -0.1) is 0 Å². The van der Waals surface area contributed by atoms with Crippen LogP contribution in [0.15, 0.2) is 41.4 Å². The van der Waals surface area contributed by atoms with E-state index in [0.29, 0.717) is 16.6 Å². The lowest BCUT2D eigenvalue weighted by Gasteiger charge is -2.23. The fraction of sp³-hybridized carbons (Fsp3) is 0.217. The molecule has 1 aliphatic heterocycles. The van der Waals surface area contributed by atoms with Crippen molar-refractivity contribution in [3.8, 4) is 11.8 Å². The average Bonchev–Trinajstić information content (AvgIpc) is 3.00. The van der Waals surface area contributed by atoms with Crippen molar-refractivity contribution in [1.29, 1.82) is 0 Å². The number of rotatable bonds is 3. The van der Waals surface area contributed by atoms with Crippen LogP contribution in [0.25, 0.3) is 10.8 Å². The Balaban J connectivity index is 1.65. The molecule has 1 aliphatic rings. The molecule has 0 aliphatic carbocycles. The summed E-state index contributed by atoms with van der Waals surface area (Å²) < 4.78 is 1.10. The minimum absolute atomic E-state index is 0.0940. The Morgan fingerprint density at radius 3 is 2.66 bits per heavy atom. The lowest BCUT2D eigenvalue weighted by molar-refractivity contribution is -0.135. The minimum Gasteiger partial charge on any atom is -0.494 e. The highest BCUT2D eigenvalue weighted by molar-refractivity contribution is 6.09. The van der Waals surface area contributed by atoms with Crippen molar-refractivity contribution in [3.63, 3.8) is 0 Å². The number of fused-ring (bicyclic) bond motifs is 1. The molecule has 164 valence electrons. The van der Waals surface area contributed by atoms with Crippen LogP contribution in [0, 0.1) is 13.8 Å². The number of benzene rings is 2. The molecule has 0 radical (unpaired) electrons. The molecule has 9 heteroatoms. The van der Waals surface area contributed by atoms with Crippen molar-refractivity contribution in [2.45, 2.75) is 32.7 Å². The maximum atomic E-state index is 12.3. The summed E-state index contributed by atoms with van der Waals surface area (Å²) >= 11 is 0. The molecule has 1 fully saturated rings. The number of aromatic hydroxyl groups is 2. The number of anilines is 1. The van der Waals surface area contributed by atoms with Crippen LogP contribution >= 0.6 is 0 Å². The molecule has 4 rings (SSSR count). The van der Waals surface area contributed by atoms with Gasteiger partial charge in [0, 0.05) is 29.3 Å². The summed E-state index contributed by atoms with van der Waals surface area (Å²) in [5, 5.41) is 26.9. The Hall–Kier alpha value is -4.14. The molecule has 1 aromatic heterocycles. The summed E-state index contributed by atoms with van der Waals surface area (Å²) in [5.41, 5.74) is 3.13. The van der Waals surface area contributed by atoms with Crippen molar-refractivity contribution in [3.05, 3.63) is 53.1 Å². The Morgan fingerprint density at radius 1 is 1.16 bits per heavy atom. The number of urea groups is 1. The third-order valence-corrected chi connectivity index (χ3v) is 5.62. The van der Waals surface area contributed by atoms with Gasteiger partial charge in [0.2, 0.25) is 23.6 Å². The molecule has 0 saturated carbocycles. The second-order valence-corrected chi connectivity index (χ2v) is 7.74. The highest BCUT2D eigenvalue weighted by atomic mass is 16.3. The normalized spacial score (nSPS) is 16.5. The topological polar surface area (TPSA) is 133 Å². The van der Waals surface area contributed by atoms with Gasteiger partial charge >= 0.3 is 6.03 Å². The summed E-state index contributed by atoms with van der Waals surface area (Å²) in [6, 6.07) is 8.83. The van der Waals surface area contributed by atoms with Crippen molar-refractivity contribution in [2.75, 3.05) is 5.32 Å². The van der Waals surface area contributed by atoms with Crippen molar-refractivity contribution < 1.29 is 24.6 Å². The van der Waals surface area contributed by atoms with Gasteiger partial charge in [-0.1, -0.05) is 18.2 Å². The molecule has 2 heterocycles. The first-order valence-electron chi connectivity index (χ1n) is 10.1. The SMILES string of the molecule is Cc1ccc(NC(=O)N=Cc2cccc3c(O)n(C4CCC(=O)NC4=O)c(O)c23)cc1C. The molecular formula is C23H22N4O5. The first kappa shape index (κ1) is 21.1. The predicted octanol–water partition coefficient (Wildman–Crippen LogP) is 3.30. The Kier molecular flexibility index (Phi) is 5.40. The molecule has 4 amide bonds. The molecule has 0 spiro atoms. The van der Waals surface area contributed by atoms with E-state index >= 15 is 0 Å². The number of aliphatic imine (C=N–C) groups is 1. The number of nitrogens with one attached hydrogen (secondary N) is 2. The van der Waals surface area contributed by atoms with Crippen LogP contribution in [-0.4, -0.2) is 38.8 Å². The summed E-state index contributed by atoms with van der Waals surface area (Å²) in [6.07, 6.45) is 1.53. The number of piperidine rings is 1. The maximum absolute atomic E-state index is 12.3. The van der Waals surface area contributed by atoms with Gasteiger partial charge in [0.1, 0.15) is 6.04 Å². The third-order valence-electron chi connectivity index (χ3n) is 5.62. The molecule has 9 nitrogen and oxygen atoms in total. The summed E-state index contributed by atoms with van der Waals surface area (Å²) in [7, 11) is 0. The number of aromatic nitrogens is 1. The van der Waals surface area contributed by atoms with Gasteiger partial charge in [0.25, 0.3) is 0 Å². The Labute approximate surface area is 183 Å². The second-order valence-electron chi connectivity index (χ2n) is 7.74.